The molecule has 0 saturated heterocycles. The molecule has 0 bridgehead atoms. The zero-order valence-electron chi connectivity index (χ0n) is 17.2. The van der Waals surface area contributed by atoms with Gasteiger partial charge in [0.2, 0.25) is 0 Å². The van der Waals surface area contributed by atoms with Gasteiger partial charge >= 0.3 is 18.1 Å². The topological polar surface area (TPSA) is 52.6 Å². The molecular formula is C21H35F3O4. The van der Waals surface area contributed by atoms with E-state index in [-0.39, 0.29) is 18.0 Å². The van der Waals surface area contributed by atoms with Crippen LogP contribution in [0.25, 0.3) is 0 Å². The summed E-state index contributed by atoms with van der Waals surface area (Å²) in [7, 11) is 2.77. The molecule has 0 radical (unpaired) electrons. The van der Waals surface area contributed by atoms with Crippen LogP contribution in [-0.4, -0.2) is 32.3 Å². The van der Waals surface area contributed by atoms with Crippen molar-refractivity contribution in [3.05, 3.63) is 24.8 Å². The second-order valence-electron chi connectivity index (χ2n) is 6.29. The Morgan fingerprint density at radius 1 is 0.786 bits per heavy atom. The smallest absolute Gasteiger partial charge is 0.409 e. The summed E-state index contributed by atoms with van der Waals surface area (Å²) in [5.74, 6) is -0.337. The summed E-state index contributed by atoms with van der Waals surface area (Å²) in [6, 6.07) is 0. The molecule has 0 aliphatic heterocycles. The van der Waals surface area contributed by atoms with Gasteiger partial charge in [0, 0.05) is 18.9 Å². The summed E-state index contributed by atoms with van der Waals surface area (Å²) >= 11 is 0. The minimum Gasteiger partial charge on any atom is -0.469 e. The van der Waals surface area contributed by atoms with Crippen molar-refractivity contribution in [2.24, 2.45) is 0 Å². The first kappa shape index (κ1) is 28.4. The third kappa shape index (κ3) is 26.4. The second kappa shape index (κ2) is 20.0. The fraction of sp³-hybridized carbons (Fsp3) is 0.714. The Hall–Kier alpha value is -1.79. The number of unbranched alkanes of at least 4 members (excludes halogenated alkanes) is 8. The van der Waals surface area contributed by atoms with Crippen molar-refractivity contribution in [3.63, 3.8) is 0 Å². The molecule has 0 aromatic carbocycles. The zero-order valence-corrected chi connectivity index (χ0v) is 17.2. The van der Waals surface area contributed by atoms with E-state index >= 15 is 0 Å². The van der Waals surface area contributed by atoms with Gasteiger partial charge in [0.05, 0.1) is 14.2 Å². The van der Waals surface area contributed by atoms with E-state index in [0.717, 1.165) is 44.6 Å². The molecule has 0 atom stereocenters. The molecule has 0 aliphatic rings. The number of hydrogen-bond acceptors (Lipinski definition) is 4. The van der Waals surface area contributed by atoms with E-state index in [1.165, 1.54) is 27.1 Å². The molecule has 4 nitrogen and oxygen atoms in total. The Balaban J connectivity index is 0. The lowest BCUT2D eigenvalue weighted by Crippen LogP contribution is -2.00. The van der Waals surface area contributed by atoms with E-state index in [9.17, 15) is 22.8 Å². The van der Waals surface area contributed by atoms with E-state index in [1.54, 1.807) is 0 Å². The normalized spacial score (nSPS) is 10.9. The van der Waals surface area contributed by atoms with Crippen LogP contribution in [0, 0.1) is 0 Å². The summed E-state index contributed by atoms with van der Waals surface area (Å²) in [6.45, 7) is 3.65. The summed E-state index contributed by atoms with van der Waals surface area (Å²) < 4.78 is 44.0. The number of ether oxygens (including phenoxy) is 2. The van der Waals surface area contributed by atoms with Gasteiger partial charge in [-0.15, -0.1) is 6.58 Å². The molecule has 0 saturated carbocycles. The largest absolute Gasteiger partial charge is 0.469 e. The molecule has 0 aliphatic carbocycles. The average Bonchev–Trinajstić information content (AvgIpc) is 2.65. The number of alkyl halides is 3. The highest BCUT2D eigenvalue weighted by atomic mass is 19.4. The van der Waals surface area contributed by atoms with Crippen molar-refractivity contribution >= 4 is 11.9 Å². The van der Waals surface area contributed by atoms with Crippen molar-refractivity contribution < 1.29 is 32.2 Å². The number of allylic oxidation sites excluding steroid dienone is 3. The predicted octanol–water partition coefficient (Wildman–Crippen LogP) is 6.30. The molecule has 0 rings (SSSR count). The number of rotatable bonds is 14. The van der Waals surface area contributed by atoms with E-state index in [0.29, 0.717) is 25.7 Å². The van der Waals surface area contributed by atoms with Crippen LogP contribution < -0.4 is 0 Å². The van der Waals surface area contributed by atoms with Crippen LogP contribution in [0.15, 0.2) is 24.8 Å². The quantitative estimate of drug-likeness (QED) is 0.192. The van der Waals surface area contributed by atoms with Gasteiger partial charge in [-0.1, -0.05) is 37.8 Å². The van der Waals surface area contributed by atoms with E-state index in [1.807, 2.05) is 6.08 Å². The van der Waals surface area contributed by atoms with Crippen molar-refractivity contribution in [1.29, 1.82) is 0 Å². The molecule has 0 amide bonds. The van der Waals surface area contributed by atoms with Gasteiger partial charge in [-0.2, -0.15) is 13.2 Å². The first-order valence-electron chi connectivity index (χ1n) is 9.75. The fourth-order valence-corrected chi connectivity index (χ4v) is 2.22. The Morgan fingerprint density at radius 3 is 1.61 bits per heavy atom. The van der Waals surface area contributed by atoms with Gasteiger partial charge in [-0.3, -0.25) is 9.59 Å². The van der Waals surface area contributed by atoms with Crippen molar-refractivity contribution in [2.75, 3.05) is 14.2 Å². The average molecular weight is 409 g/mol. The van der Waals surface area contributed by atoms with E-state index in [4.69, 9.17) is 0 Å². The van der Waals surface area contributed by atoms with E-state index in [2.05, 4.69) is 16.1 Å². The molecule has 7 heteroatoms. The lowest BCUT2D eigenvalue weighted by molar-refractivity contribution is -0.141. The van der Waals surface area contributed by atoms with Gasteiger partial charge in [0.25, 0.3) is 0 Å². The first-order valence-corrected chi connectivity index (χ1v) is 9.75. The molecule has 0 unspecified atom stereocenters. The maximum Gasteiger partial charge on any atom is 0.409 e. The maximum absolute atomic E-state index is 11.7. The summed E-state index contributed by atoms with van der Waals surface area (Å²) in [5, 5.41) is 0. The highest BCUT2D eigenvalue weighted by molar-refractivity contribution is 5.69. The molecule has 0 spiro atoms. The number of carbonyl (C=O) groups is 2. The monoisotopic (exact) mass is 408 g/mol. The maximum atomic E-state index is 11.7. The molecule has 0 heterocycles. The molecule has 0 aromatic heterocycles. The fourth-order valence-electron chi connectivity index (χ4n) is 2.22. The van der Waals surface area contributed by atoms with Crippen LogP contribution >= 0.6 is 0 Å². The lowest BCUT2D eigenvalue weighted by Gasteiger charge is -2.00. The third-order valence-corrected chi connectivity index (χ3v) is 3.80. The number of halogens is 3. The minimum atomic E-state index is -4.20. The van der Waals surface area contributed by atoms with Crippen LogP contribution in [0.1, 0.15) is 77.0 Å². The second-order valence-corrected chi connectivity index (χ2v) is 6.29. The predicted molar refractivity (Wildman–Crippen MR) is 105 cm³/mol. The van der Waals surface area contributed by atoms with Gasteiger partial charge in [0.15, 0.2) is 0 Å². The Morgan fingerprint density at radius 2 is 1.21 bits per heavy atom. The zero-order chi connectivity index (χ0) is 21.7. The Bertz CT molecular complexity index is 432. The first-order chi connectivity index (χ1) is 13.3. The molecule has 0 aromatic rings. The standard InChI is InChI=1S/C11H17F3O2.C10H18O2/c1-16-10(15)8-6-4-2-3-5-7-9-11(12,13)14;1-3-4-5-6-7-8-9-10(11)12-2/h7,9H,2-6,8H2,1H3;3H,1,4-9H2,2H3/b9-7+;. The summed E-state index contributed by atoms with van der Waals surface area (Å²) in [6.07, 6.45) is 9.14. The van der Waals surface area contributed by atoms with Gasteiger partial charge in [0.1, 0.15) is 0 Å². The molecule has 164 valence electrons. The van der Waals surface area contributed by atoms with E-state index < -0.39 is 6.18 Å². The third-order valence-electron chi connectivity index (χ3n) is 3.80. The van der Waals surface area contributed by atoms with Crippen molar-refractivity contribution in [2.45, 2.75) is 83.2 Å². The Labute approximate surface area is 167 Å². The SMILES string of the molecule is C=CCCCCCCC(=O)OC.COC(=O)CCCCCC/C=C/C(F)(F)F. The highest BCUT2D eigenvalue weighted by Crippen LogP contribution is 2.17. The van der Waals surface area contributed by atoms with Gasteiger partial charge in [-0.25, -0.2) is 0 Å². The number of hydrogen-bond donors (Lipinski definition) is 0. The van der Waals surface area contributed by atoms with Gasteiger partial charge in [-0.05, 0) is 38.5 Å². The van der Waals surface area contributed by atoms with Crippen molar-refractivity contribution in [3.8, 4) is 0 Å². The molecule has 28 heavy (non-hydrogen) atoms. The minimum absolute atomic E-state index is 0.0984. The van der Waals surface area contributed by atoms with Crippen LogP contribution in [0.3, 0.4) is 0 Å². The summed E-state index contributed by atoms with van der Waals surface area (Å²) in [4.78, 5) is 21.4. The molecular weight excluding hydrogens is 373 g/mol. The van der Waals surface area contributed by atoms with Crippen LogP contribution in [0.5, 0.6) is 0 Å². The number of carbonyl (C=O) groups excluding carboxylic acids is 2. The molecule has 0 N–H and O–H groups in total. The number of methoxy groups -OCH3 is 2. The van der Waals surface area contributed by atoms with Crippen molar-refractivity contribution in [1.82, 2.24) is 0 Å². The highest BCUT2D eigenvalue weighted by Gasteiger charge is 2.21. The van der Waals surface area contributed by atoms with Gasteiger partial charge < -0.3 is 9.47 Å². The lowest BCUT2D eigenvalue weighted by atomic mass is 10.1. The molecule has 0 fully saturated rings. The Kier molecular flexibility index (Phi) is 20.3. The number of esters is 2. The summed E-state index contributed by atoms with van der Waals surface area (Å²) in [5.41, 5.74) is 0. The van der Waals surface area contributed by atoms with Crippen LogP contribution in [0.2, 0.25) is 0 Å². The van der Waals surface area contributed by atoms with Crippen LogP contribution in [0.4, 0.5) is 13.2 Å². The van der Waals surface area contributed by atoms with Crippen LogP contribution in [-0.2, 0) is 19.1 Å².